The van der Waals surface area contributed by atoms with E-state index in [-0.39, 0.29) is 0 Å². The summed E-state index contributed by atoms with van der Waals surface area (Å²) in [5.74, 6) is -1.84. The number of nitrogens with zero attached hydrogens (tertiary/aromatic N) is 1. The summed E-state index contributed by atoms with van der Waals surface area (Å²) in [6.07, 6.45) is 0. The number of anilines is 1. The van der Waals surface area contributed by atoms with Gasteiger partial charge in [-0.15, -0.1) is 0 Å². The van der Waals surface area contributed by atoms with E-state index < -0.39 is 24.4 Å². The van der Waals surface area contributed by atoms with Gasteiger partial charge in [-0.2, -0.15) is 0 Å². The number of hydrogen-bond donors (Lipinski definition) is 1. The van der Waals surface area contributed by atoms with Gasteiger partial charge >= 0.3 is 5.97 Å². The van der Waals surface area contributed by atoms with Crippen LogP contribution in [0.15, 0.2) is 54.6 Å². The molecule has 2 aromatic rings. The van der Waals surface area contributed by atoms with Crippen molar-refractivity contribution in [3.63, 3.8) is 0 Å². The Kier molecular flexibility index (Phi) is 5.68. The number of benzene rings is 2. The zero-order valence-electron chi connectivity index (χ0n) is 13.5. The van der Waals surface area contributed by atoms with Gasteiger partial charge < -0.3 is 9.64 Å². The van der Waals surface area contributed by atoms with E-state index in [1.807, 2.05) is 19.0 Å². The van der Waals surface area contributed by atoms with E-state index in [1.54, 1.807) is 54.6 Å². The molecule has 0 aromatic heterocycles. The molecule has 1 N–H and O–H groups in total. The molecule has 24 heavy (non-hydrogen) atoms. The lowest BCUT2D eigenvalue weighted by atomic mass is 10.2. The van der Waals surface area contributed by atoms with Crippen molar-refractivity contribution in [1.29, 1.82) is 0 Å². The molecule has 0 spiro atoms. The van der Waals surface area contributed by atoms with Crippen molar-refractivity contribution >= 4 is 23.5 Å². The van der Waals surface area contributed by atoms with Crippen LogP contribution in [0.4, 0.5) is 5.69 Å². The van der Waals surface area contributed by atoms with Gasteiger partial charge in [0.05, 0.1) is 5.56 Å². The Hall–Kier alpha value is -3.15. The van der Waals surface area contributed by atoms with Crippen molar-refractivity contribution in [2.24, 2.45) is 0 Å². The molecule has 2 amide bonds. The van der Waals surface area contributed by atoms with Crippen LogP contribution in [0.1, 0.15) is 20.7 Å². The summed E-state index contributed by atoms with van der Waals surface area (Å²) >= 11 is 0. The van der Waals surface area contributed by atoms with E-state index >= 15 is 0 Å². The minimum Gasteiger partial charge on any atom is -0.452 e. The Labute approximate surface area is 140 Å². The lowest BCUT2D eigenvalue weighted by Gasteiger charge is -2.12. The molecule has 6 nitrogen and oxygen atoms in total. The first-order valence-electron chi connectivity index (χ1n) is 7.31. The molecule has 2 aromatic carbocycles. The van der Waals surface area contributed by atoms with E-state index in [0.29, 0.717) is 11.1 Å². The van der Waals surface area contributed by atoms with Crippen LogP contribution in [0, 0.1) is 0 Å². The van der Waals surface area contributed by atoms with Crippen LogP contribution in [0.3, 0.4) is 0 Å². The number of nitrogens with one attached hydrogen (secondary N) is 1. The van der Waals surface area contributed by atoms with E-state index in [0.717, 1.165) is 5.69 Å². The fourth-order valence-electron chi connectivity index (χ4n) is 1.93. The molecule has 0 saturated heterocycles. The second-order valence-corrected chi connectivity index (χ2v) is 5.26. The number of imide groups is 1. The van der Waals surface area contributed by atoms with Crippen molar-refractivity contribution in [3.8, 4) is 0 Å². The second-order valence-electron chi connectivity index (χ2n) is 5.26. The molecule has 0 aliphatic rings. The minimum absolute atomic E-state index is 0.336. The third-order valence-corrected chi connectivity index (χ3v) is 3.24. The number of esters is 1. The van der Waals surface area contributed by atoms with Gasteiger partial charge in [-0.1, -0.05) is 18.2 Å². The average molecular weight is 326 g/mol. The summed E-state index contributed by atoms with van der Waals surface area (Å²) in [5, 5.41) is 2.17. The maximum absolute atomic E-state index is 11.9. The third-order valence-electron chi connectivity index (χ3n) is 3.24. The van der Waals surface area contributed by atoms with Crippen molar-refractivity contribution in [1.82, 2.24) is 5.32 Å². The summed E-state index contributed by atoms with van der Waals surface area (Å²) in [7, 11) is 3.78. The largest absolute Gasteiger partial charge is 0.452 e. The molecule has 6 heteroatoms. The lowest BCUT2D eigenvalue weighted by Crippen LogP contribution is -2.34. The maximum Gasteiger partial charge on any atom is 0.338 e. The predicted octanol–water partition coefficient (Wildman–Crippen LogP) is 1.87. The number of carbonyl (C=O) groups excluding carboxylic acids is 3. The van der Waals surface area contributed by atoms with Gasteiger partial charge in [0.1, 0.15) is 0 Å². The second kappa shape index (κ2) is 7.92. The van der Waals surface area contributed by atoms with Gasteiger partial charge in [0.15, 0.2) is 6.61 Å². The Bertz CT molecular complexity index is 724. The Morgan fingerprint density at radius 3 is 2.12 bits per heavy atom. The Morgan fingerprint density at radius 1 is 0.917 bits per heavy atom. The Balaban J connectivity index is 1.85. The first kappa shape index (κ1) is 17.2. The number of amides is 2. The fraction of sp³-hybridized carbons (Fsp3) is 0.167. The highest BCUT2D eigenvalue weighted by molar-refractivity contribution is 6.05. The lowest BCUT2D eigenvalue weighted by molar-refractivity contribution is -0.123. The smallest absolute Gasteiger partial charge is 0.338 e. The summed E-state index contributed by atoms with van der Waals surface area (Å²) in [6, 6.07) is 15.1. The SMILES string of the molecule is CN(C)c1ccc(C(=O)OCC(=O)NC(=O)c2ccccc2)cc1. The number of ether oxygens (including phenoxy) is 1. The molecule has 0 fully saturated rings. The molecule has 0 bridgehead atoms. The summed E-state index contributed by atoms with van der Waals surface area (Å²) < 4.78 is 4.91. The standard InChI is InChI=1S/C18H18N2O4/c1-20(2)15-10-8-14(9-11-15)18(23)24-12-16(21)19-17(22)13-6-4-3-5-7-13/h3-11H,12H2,1-2H3,(H,19,21,22). The molecule has 2 rings (SSSR count). The van der Waals surface area contributed by atoms with Gasteiger partial charge in [-0.25, -0.2) is 4.79 Å². The summed E-state index contributed by atoms with van der Waals surface area (Å²) in [6.45, 7) is -0.521. The van der Waals surface area contributed by atoms with Crippen LogP contribution >= 0.6 is 0 Å². The van der Waals surface area contributed by atoms with Gasteiger partial charge in [-0.3, -0.25) is 14.9 Å². The van der Waals surface area contributed by atoms with Crippen LogP contribution in [0.2, 0.25) is 0 Å². The highest BCUT2D eigenvalue weighted by Gasteiger charge is 2.13. The molecule has 0 atom stereocenters. The molecular weight excluding hydrogens is 308 g/mol. The first-order valence-corrected chi connectivity index (χ1v) is 7.31. The van der Waals surface area contributed by atoms with Crippen LogP contribution in [-0.4, -0.2) is 38.5 Å². The van der Waals surface area contributed by atoms with Crippen molar-refractivity contribution in [2.75, 3.05) is 25.6 Å². The molecule has 0 aliphatic heterocycles. The van der Waals surface area contributed by atoms with E-state index in [1.165, 1.54) is 0 Å². The minimum atomic E-state index is -0.679. The van der Waals surface area contributed by atoms with Gasteiger partial charge in [0.25, 0.3) is 11.8 Å². The average Bonchev–Trinajstić information content (AvgIpc) is 2.60. The van der Waals surface area contributed by atoms with Crippen LogP contribution in [-0.2, 0) is 9.53 Å². The molecule has 0 heterocycles. The van der Waals surface area contributed by atoms with Crippen LogP contribution in [0.25, 0.3) is 0 Å². The zero-order chi connectivity index (χ0) is 17.5. The molecule has 124 valence electrons. The predicted molar refractivity (Wildman–Crippen MR) is 90.0 cm³/mol. The molecule has 0 saturated carbocycles. The highest BCUT2D eigenvalue weighted by Crippen LogP contribution is 2.12. The molecule has 0 unspecified atom stereocenters. The normalized spacial score (nSPS) is 9.92. The number of carbonyl (C=O) groups is 3. The molecule has 0 aliphatic carbocycles. The first-order chi connectivity index (χ1) is 11.5. The Morgan fingerprint density at radius 2 is 1.54 bits per heavy atom. The van der Waals surface area contributed by atoms with Crippen molar-refractivity contribution < 1.29 is 19.1 Å². The van der Waals surface area contributed by atoms with Gasteiger partial charge in [0.2, 0.25) is 0 Å². The monoisotopic (exact) mass is 326 g/mol. The van der Waals surface area contributed by atoms with Gasteiger partial charge in [-0.05, 0) is 36.4 Å². The van der Waals surface area contributed by atoms with Gasteiger partial charge in [0, 0.05) is 25.3 Å². The topological polar surface area (TPSA) is 75.7 Å². The number of hydrogen-bond acceptors (Lipinski definition) is 5. The highest BCUT2D eigenvalue weighted by atomic mass is 16.5. The van der Waals surface area contributed by atoms with Crippen molar-refractivity contribution in [3.05, 3.63) is 65.7 Å². The third kappa shape index (κ3) is 4.67. The fourth-order valence-corrected chi connectivity index (χ4v) is 1.93. The van der Waals surface area contributed by atoms with E-state index in [2.05, 4.69) is 5.32 Å². The number of rotatable bonds is 5. The summed E-state index contributed by atoms with van der Waals surface area (Å²) in [4.78, 5) is 37.3. The quantitative estimate of drug-likeness (QED) is 0.849. The summed E-state index contributed by atoms with van der Waals surface area (Å²) in [5.41, 5.74) is 1.64. The van der Waals surface area contributed by atoms with Crippen molar-refractivity contribution in [2.45, 2.75) is 0 Å². The maximum atomic E-state index is 11.9. The van der Waals surface area contributed by atoms with E-state index in [4.69, 9.17) is 4.74 Å². The van der Waals surface area contributed by atoms with Crippen LogP contribution < -0.4 is 10.2 Å². The molecule has 0 radical (unpaired) electrons. The molecular formula is C18H18N2O4. The van der Waals surface area contributed by atoms with E-state index in [9.17, 15) is 14.4 Å². The van der Waals surface area contributed by atoms with Crippen LogP contribution in [0.5, 0.6) is 0 Å². The zero-order valence-corrected chi connectivity index (χ0v) is 13.5.